The number of amides is 2. The Hall–Kier alpha value is -7.88. The highest BCUT2D eigenvalue weighted by molar-refractivity contribution is 6.24. The van der Waals surface area contributed by atoms with E-state index >= 15 is 0 Å². The highest BCUT2D eigenvalue weighted by Gasteiger charge is 2.56. The Morgan fingerprint density at radius 1 is 0.769 bits per heavy atom. The predicted octanol–water partition coefficient (Wildman–Crippen LogP) is 6.46. The number of phenols is 3. The van der Waals surface area contributed by atoms with Crippen LogP contribution in [0.5, 0.6) is 23.0 Å². The molecule has 2 aromatic carbocycles. The smallest absolute Gasteiger partial charge is 0.312 e. The molecule has 8 heterocycles. The SMILES string of the molecule is CC[C@H]1OC(=O)[C@H](C)[C@@H](O[C@H]2C[C@@](C)(OC)[C@@H](O)[C@H](C)O2)[C@H](C)[C@@H](O[C@@H]2O[C@H](C)C[C@H](N(C)C)[C@H]2O)[C@](C)(OC)C[C@@H](C)C(=O)[C@H](C)[C@@H](O)[C@]1(C)O.CO[C@H]1/C=C/O[C@@]2(C)Oc3c(C)c(O)c4c(O)c(c(/C=N\N5CCN(C)CC5)c(O)c4c3C2=O)NC(=O)/C(C)=C\C=C\[C@H](C)[C@H](O)[C@@H](C)[C@@H](O)[C@@H](C)[C@H](OC(C)=O)[C@@H]1C.NNC(=O)c1ccncc1. The second-order valence-corrected chi connectivity index (χ2v) is 34.5. The molecule has 121 heavy (non-hydrogen) atoms. The second kappa shape index (κ2) is 42.2. The van der Waals surface area contributed by atoms with Gasteiger partial charge in [-0.3, -0.25) is 44.2 Å². The minimum atomic E-state index is -2.04. The minimum Gasteiger partial charge on any atom is -0.507 e. The van der Waals surface area contributed by atoms with Gasteiger partial charge in [0.25, 0.3) is 17.6 Å². The van der Waals surface area contributed by atoms with Gasteiger partial charge in [0, 0.05) is 150 Å². The van der Waals surface area contributed by atoms with Crippen molar-refractivity contribution in [2.75, 3.05) is 74.0 Å². The Kier molecular flexibility index (Phi) is 35.0. The number of aromatic hydroxyl groups is 3. The lowest BCUT2D eigenvalue weighted by Gasteiger charge is -2.50. The largest absolute Gasteiger partial charge is 0.507 e. The van der Waals surface area contributed by atoms with Gasteiger partial charge in [-0.05, 0) is 114 Å². The van der Waals surface area contributed by atoms with Crippen LogP contribution in [0, 0.1) is 54.3 Å². The zero-order valence-corrected chi connectivity index (χ0v) is 74.5. The number of ether oxygens (including phenoxy) is 11. The normalized spacial score (nSPS) is 37.4. The number of hydrazine groups is 1. The van der Waals surface area contributed by atoms with Gasteiger partial charge in [-0.1, -0.05) is 73.6 Å². The third kappa shape index (κ3) is 22.6. The van der Waals surface area contributed by atoms with Crippen molar-refractivity contribution in [2.24, 2.45) is 58.3 Å². The van der Waals surface area contributed by atoms with Crippen LogP contribution < -0.4 is 21.3 Å². The van der Waals surface area contributed by atoms with Crippen molar-refractivity contribution in [1.29, 1.82) is 0 Å². The van der Waals surface area contributed by atoms with Crippen LogP contribution in [0.25, 0.3) is 10.8 Å². The number of Topliss-reactive ketones (excluding diaryl/α,β-unsaturated/α-hetero) is 2. The number of hydrogen-bond donors (Lipinski definition) is 12. The van der Waals surface area contributed by atoms with Crippen molar-refractivity contribution in [3.63, 3.8) is 0 Å². The fraction of sp³-hybridized carbons (Fsp3) is 0.678. The summed E-state index contributed by atoms with van der Waals surface area (Å²) < 4.78 is 67.5. The summed E-state index contributed by atoms with van der Waals surface area (Å²) in [6.45, 7) is 32.1. The van der Waals surface area contributed by atoms with Crippen LogP contribution in [0.1, 0.15) is 175 Å². The van der Waals surface area contributed by atoms with E-state index in [9.17, 15) is 74.7 Å². The molecular formula is C87H134N8O26. The number of hydrogen-bond acceptors (Lipinski definition) is 32. The molecule has 0 spiro atoms. The number of methoxy groups -OCH3 is 3. The van der Waals surface area contributed by atoms with E-state index in [0.717, 1.165) is 13.1 Å². The highest BCUT2D eigenvalue weighted by atomic mass is 16.7. The number of nitrogens with two attached hydrogens (primary N) is 1. The molecule has 0 unspecified atom stereocenters. The summed E-state index contributed by atoms with van der Waals surface area (Å²) >= 11 is 0. The monoisotopic (exact) mass is 1710 g/mol. The number of aromatic nitrogens is 1. The number of fused-ring (bicyclic) bond motifs is 14. The molecule has 0 saturated carbocycles. The first-order valence-corrected chi connectivity index (χ1v) is 41.4. The number of nitrogens with one attached hydrogen (secondary N) is 2. The fourth-order valence-electron chi connectivity index (χ4n) is 17.1. The number of nitrogens with zero attached hydrogens (tertiary/aromatic N) is 5. The number of hydrazone groups is 1. The first kappa shape index (κ1) is 100. The Bertz CT molecular complexity index is 4180. The Morgan fingerprint density at radius 2 is 1.40 bits per heavy atom. The van der Waals surface area contributed by atoms with E-state index in [1.54, 1.807) is 105 Å². The molecule has 678 valence electrons. The molecule has 5 bridgehead atoms. The number of aliphatic hydroxyl groups is 6. The van der Waals surface area contributed by atoms with Gasteiger partial charge in [0.2, 0.25) is 0 Å². The number of piperazine rings is 1. The van der Waals surface area contributed by atoms with Crippen molar-refractivity contribution in [1.82, 2.24) is 25.2 Å². The number of cyclic esters (lactones) is 1. The average Bonchev–Trinajstić information content (AvgIpc) is 1.58. The number of esters is 2. The molecule has 27 atom stereocenters. The van der Waals surface area contributed by atoms with Gasteiger partial charge >= 0.3 is 17.7 Å². The Balaban J connectivity index is 0.000000300. The predicted molar refractivity (Wildman–Crippen MR) is 447 cm³/mol. The third-order valence-electron chi connectivity index (χ3n) is 25.2. The number of aliphatic hydroxyl groups excluding tert-OH is 5. The Labute approximate surface area is 709 Å². The van der Waals surface area contributed by atoms with Crippen molar-refractivity contribution < 1.29 is 127 Å². The number of allylic oxidation sites excluding steroid dienone is 2. The summed E-state index contributed by atoms with van der Waals surface area (Å²) in [5.74, 6) is -8.23. The van der Waals surface area contributed by atoms with Gasteiger partial charge in [-0.15, -0.1) is 0 Å². The maximum atomic E-state index is 14.4. The average molecular weight is 1710 g/mol. The molecule has 1 aromatic heterocycles. The minimum absolute atomic E-state index is 0.0559. The number of rotatable bonds is 13. The number of carbonyl (C=O) groups is 6. The van der Waals surface area contributed by atoms with Gasteiger partial charge in [0.1, 0.15) is 53.0 Å². The lowest BCUT2D eigenvalue weighted by Crippen LogP contribution is -2.61. The molecule has 10 rings (SSSR count). The summed E-state index contributed by atoms with van der Waals surface area (Å²) in [6.07, 6.45) is -0.805. The molecule has 13 N–H and O–H groups in total. The van der Waals surface area contributed by atoms with Gasteiger partial charge in [0.05, 0.1) is 101 Å². The molecule has 7 aliphatic rings. The summed E-state index contributed by atoms with van der Waals surface area (Å²) in [4.78, 5) is 87.2. The molecule has 0 aliphatic carbocycles. The van der Waals surface area contributed by atoms with Gasteiger partial charge in [-0.25, -0.2) is 5.84 Å². The van der Waals surface area contributed by atoms with Crippen LogP contribution in [0.15, 0.2) is 65.8 Å². The molecule has 2 amide bonds. The number of pyridine rings is 1. The summed E-state index contributed by atoms with van der Waals surface area (Å²) in [5, 5.41) is 112. The first-order chi connectivity index (χ1) is 56.6. The van der Waals surface area contributed by atoms with Crippen LogP contribution >= 0.6 is 0 Å². The van der Waals surface area contributed by atoms with Crippen molar-refractivity contribution in [2.45, 2.75) is 265 Å². The van der Waals surface area contributed by atoms with Crippen molar-refractivity contribution in [3.05, 3.63) is 82.9 Å². The molecular weight excluding hydrogens is 1570 g/mol. The van der Waals surface area contributed by atoms with Gasteiger partial charge in [0.15, 0.2) is 18.3 Å². The van der Waals surface area contributed by atoms with Crippen molar-refractivity contribution in [3.8, 4) is 23.0 Å². The van der Waals surface area contributed by atoms with E-state index < -0.39 is 191 Å². The number of likely N-dealkylation sites (N-methyl/N-ethyl adjacent to an activating group) is 2. The van der Waals surface area contributed by atoms with E-state index in [-0.39, 0.29) is 87.6 Å². The summed E-state index contributed by atoms with van der Waals surface area (Å²) in [5.41, 5.74) is -2.07. The second-order valence-electron chi connectivity index (χ2n) is 34.5. The lowest BCUT2D eigenvalue weighted by molar-refractivity contribution is -0.319. The van der Waals surface area contributed by atoms with Crippen LogP contribution in [0.4, 0.5) is 5.69 Å². The summed E-state index contributed by atoms with van der Waals surface area (Å²) in [7, 11) is 10.2. The zero-order valence-electron chi connectivity index (χ0n) is 74.5. The van der Waals surface area contributed by atoms with Crippen LogP contribution in [0.3, 0.4) is 0 Å². The maximum absolute atomic E-state index is 14.4. The Morgan fingerprint density at radius 3 is 1.98 bits per heavy atom. The van der Waals surface area contributed by atoms with Gasteiger partial charge < -0.3 is 113 Å². The van der Waals surface area contributed by atoms with Crippen LogP contribution in [-0.2, 0) is 66.5 Å². The number of nitrogen functional groups attached to an aromatic ring is 1. The molecule has 4 saturated heterocycles. The van der Waals surface area contributed by atoms with E-state index in [1.165, 1.54) is 93.0 Å². The lowest BCUT2D eigenvalue weighted by atomic mass is 9.74. The van der Waals surface area contributed by atoms with Crippen LogP contribution in [-0.4, -0.2) is 290 Å². The zero-order chi connectivity index (χ0) is 90.7. The molecule has 4 fully saturated rings. The summed E-state index contributed by atoms with van der Waals surface area (Å²) in [6, 6.07) is 2.89. The quantitative estimate of drug-likeness (QED) is 0.0166. The van der Waals surface area contributed by atoms with Crippen molar-refractivity contribution >= 4 is 58.0 Å². The number of ketones is 2. The van der Waals surface area contributed by atoms with E-state index in [2.05, 4.69) is 20.3 Å². The molecule has 34 nitrogen and oxygen atoms in total. The van der Waals surface area contributed by atoms with Gasteiger partial charge in [-0.2, -0.15) is 5.10 Å². The number of benzene rings is 2. The molecule has 34 heteroatoms. The third-order valence-corrected chi connectivity index (χ3v) is 25.2. The first-order valence-electron chi connectivity index (χ1n) is 41.4. The van der Waals surface area contributed by atoms with E-state index in [4.69, 9.17) is 57.9 Å². The fourth-order valence-corrected chi connectivity index (χ4v) is 17.1. The molecule has 7 aliphatic heterocycles. The highest BCUT2D eigenvalue weighted by Crippen LogP contribution is 2.55. The maximum Gasteiger partial charge on any atom is 0.312 e. The number of anilines is 1. The molecule has 3 aromatic rings. The van der Waals surface area contributed by atoms with E-state index in [0.29, 0.717) is 25.1 Å². The number of carbonyl (C=O) groups excluding carboxylic acids is 6. The standard InChI is InChI=1S/C43H58N4O12.C38H69NO13.C6H7N3O/c1-21-12-11-13-22(2)42(55)45-33-28(20-44-47-17-15-46(9)16-18-47)37(52)30-31(38(33)53)36(51)26(6)40-32(30)41(54)43(8,59-40)57-19-14-29(56-10)23(3)39(58-27(7)48)25(5)35(50)24(4)34(21)49;1-15-26-38(10,45)31(42)21(4)28(40)19(2)17-37(9,47-14)33(52-35-29(41)25(39(11)12)16-20(3)48-35)22(5)30(23(6)34(44)50-26)51-27-18-36(8,46-13)32(43)24(7)49-27;7-9-6(10)5-1-3-8-4-2-5/h11-14,19-21,23-25,29,34-35,39,49-53H,15-18H2,1-10H3,(H,45,55);19-27,29-33,35,41-43,45H,15-18H2,1-14H3;1-4H,7H2,(H,9,10)/b12-11+,19-14+,22-13-,44-20-;;/t21-,23+,24+,25+,29-,34-,35+,39+,43-;19-,20-,21+,22+,23-,24+,25+,26-,27+,29-,30+,31-,32+,33-,35+,36-,37-,38-;/m01./s1. The van der Waals surface area contributed by atoms with Crippen LogP contribution in [0.2, 0.25) is 0 Å². The van der Waals surface area contributed by atoms with E-state index in [1.807, 2.05) is 45.3 Å². The molecule has 0 radical (unpaired) electrons. The topological polar surface area (TPSA) is 471 Å². The number of phenolic OH excluding ortho intramolecular Hbond substituents is 3.